The molecule has 6 aromatic rings. The van der Waals surface area contributed by atoms with Crippen molar-refractivity contribution >= 4 is 64.1 Å². The molecule has 0 unspecified atom stereocenters. The zero-order chi connectivity index (χ0) is 69.9. The molecule has 13 bridgehead atoms. The minimum absolute atomic E-state index is 0.0371. The summed E-state index contributed by atoms with van der Waals surface area (Å²) in [5.41, 5.74) is 10.5. The van der Waals surface area contributed by atoms with Gasteiger partial charge in [0.1, 0.15) is 59.1 Å². The van der Waals surface area contributed by atoms with E-state index in [4.69, 9.17) is 19.9 Å². The molecule has 9 amide bonds. The summed E-state index contributed by atoms with van der Waals surface area (Å²) in [5, 5.41) is 40.9. The number of aromatic nitrogens is 4. The lowest BCUT2D eigenvalue weighted by Crippen LogP contribution is -2.64. The number of hydrogen-bond donors (Lipinski definition) is 9. The molecule has 7 heterocycles. The van der Waals surface area contributed by atoms with E-state index in [-0.39, 0.29) is 110 Å². The van der Waals surface area contributed by atoms with Crippen molar-refractivity contribution in [1.82, 2.24) is 66.6 Å². The molecule has 4 aromatic carbocycles. The van der Waals surface area contributed by atoms with Crippen molar-refractivity contribution in [3.63, 3.8) is 0 Å². The topological polar surface area (TPSA) is 354 Å². The molecule has 99 heavy (non-hydrogen) atoms. The number of aliphatic hydroxyl groups excluding tert-OH is 1. The van der Waals surface area contributed by atoms with Gasteiger partial charge in [-0.1, -0.05) is 72.0 Å². The summed E-state index contributed by atoms with van der Waals surface area (Å²) >= 11 is 0. The lowest BCUT2D eigenvalue weighted by atomic mass is 9.95. The molecule has 10 N–H and O–H groups in total. The summed E-state index contributed by atoms with van der Waals surface area (Å²) in [6.07, 6.45) is 5.07. The molecule has 2 aromatic heterocycles. The number of nitrogens with one attached hydrogen (secondary N) is 7. The Morgan fingerprint density at radius 1 is 0.737 bits per heavy atom. The Hall–Kier alpha value is -9.90. The van der Waals surface area contributed by atoms with Gasteiger partial charge in [-0.05, 0) is 115 Å². The monoisotopic (exact) mass is 1360 g/mol. The molecule has 2 saturated heterocycles. The molecule has 5 aliphatic heterocycles. The molecule has 0 spiro atoms. The Morgan fingerprint density at radius 2 is 1.53 bits per heavy atom. The van der Waals surface area contributed by atoms with Crippen LogP contribution in [-0.4, -0.2) is 195 Å². The number of aliphatic hydroxyl groups is 1. The van der Waals surface area contributed by atoms with Crippen molar-refractivity contribution in [2.75, 3.05) is 53.1 Å². The zero-order valence-corrected chi connectivity index (χ0v) is 55.6. The van der Waals surface area contributed by atoms with Crippen LogP contribution in [0.3, 0.4) is 0 Å². The SMILES string of the molecule is COc1ccc(C[C@@H]2NC(=O)[C@H]([C@@H](C)O)NC(=O)[C@@H]3[C@@H]4CCN3C(=O)[C@@H]3Cc5cn(c6ccc(F)cc56)Cc5cn(nn5)Cc5cc(ccc5CNC(=O)CCOCCC(=O)N[C@H](CN)C(=O)N[C@@H](Cc5cccc(c5)C/C=C/CO4)C(=O)N3)CCNC(=O)[C@]3(C)CCCN3C2=O)cc1. The van der Waals surface area contributed by atoms with Crippen LogP contribution in [0.1, 0.15) is 90.6 Å². The fraction of sp³-hybridized carbons (Fsp3) is 0.451. The zero-order valence-electron chi connectivity index (χ0n) is 55.6. The number of amides is 9. The highest BCUT2D eigenvalue weighted by molar-refractivity contribution is 5.99. The highest BCUT2D eigenvalue weighted by Gasteiger charge is 2.49. The molecule has 0 radical (unpaired) electrons. The number of benzene rings is 4. The molecule has 28 heteroatoms. The summed E-state index contributed by atoms with van der Waals surface area (Å²) in [5.74, 6) is -6.47. The quantitative estimate of drug-likeness (QED) is 0.108. The summed E-state index contributed by atoms with van der Waals surface area (Å²) in [4.78, 5) is 136. The number of nitrogens with two attached hydrogens (primary N) is 1. The molecule has 0 saturated carbocycles. The maximum Gasteiger partial charge on any atom is 0.246 e. The van der Waals surface area contributed by atoms with Crippen LogP contribution in [0.2, 0.25) is 0 Å². The predicted molar refractivity (Wildman–Crippen MR) is 358 cm³/mol. The summed E-state index contributed by atoms with van der Waals surface area (Å²) in [6.45, 7) is 2.89. The average molecular weight is 1360 g/mol. The first-order chi connectivity index (χ1) is 47.7. The first kappa shape index (κ1) is 70.4. The van der Waals surface area contributed by atoms with Gasteiger partial charge in [0.15, 0.2) is 0 Å². The van der Waals surface area contributed by atoms with Crippen molar-refractivity contribution < 1.29 is 66.9 Å². The van der Waals surface area contributed by atoms with E-state index in [9.17, 15) is 24.3 Å². The van der Waals surface area contributed by atoms with E-state index < -0.39 is 114 Å². The van der Waals surface area contributed by atoms with E-state index in [0.717, 1.165) is 22.3 Å². The van der Waals surface area contributed by atoms with Gasteiger partial charge >= 0.3 is 0 Å². The number of hydrogen-bond acceptors (Lipinski definition) is 16. The smallest absolute Gasteiger partial charge is 0.246 e. The van der Waals surface area contributed by atoms with Gasteiger partial charge in [0.2, 0.25) is 53.2 Å². The van der Waals surface area contributed by atoms with Crippen LogP contribution in [0, 0.1) is 5.82 Å². The van der Waals surface area contributed by atoms with Gasteiger partial charge in [-0.2, -0.15) is 0 Å². The number of fused-ring (bicyclic) bond motifs is 7. The molecular weight excluding hydrogens is 1280 g/mol. The van der Waals surface area contributed by atoms with Crippen LogP contribution in [-0.2, 0) is 104 Å². The number of carbonyl (C=O) groups excluding carboxylic acids is 9. The van der Waals surface area contributed by atoms with E-state index in [1.54, 1.807) is 77.1 Å². The second-order valence-electron chi connectivity index (χ2n) is 26.1. The van der Waals surface area contributed by atoms with Crippen molar-refractivity contribution in [2.24, 2.45) is 5.73 Å². The third-order valence-corrected chi connectivity index (χ3v) is 19.1. The largest absolute Gasteiger partial charge is 0.497 e. The van der Waals surface area contributed by atoms with Gasteiger partial charge < -0.3 is 76.6 Å². The number of halogens is 1. The molecule has 2 fully saturated rings. The maximum atomic E-state index is 16.0. The van der Waals surface area contributed by atoms with Crippen molar-refractivity contribution in [1.29, 1.82) is 0 Å². The lowest BCUT2D eigenvalue weighted by molar-refractivity contribution is -0.147. The van der Waals surface area contributed by atoms with Gasteiger partial charge in [-0.25, -0.2) is 9.07 Å². The van der Waals surface area contributed by atoms with Crippen LogP contribution < -0.4 is 47.7 Å². The molecule has 9 atom stereocenters. The molecule has 524 valence electrons. The number of rotatable bonds is 5. The predicted octanol–water partition coefficient (Wildman–Crippen LogP) is 0.847. The number of ether oxygens (including phenoxy) is 3. The van der Waals surface area contributed by atoms with Crippen molar-refractivity contribution in [3.8, 4) is 5.75 Å². The van der Waals surface area contributed by atoms with E-state index in [0.29, 0.717) is 58.3 Å². The van der Waals surface area contributed by atoms with Gasteiger partial charge in [0.05, 0.1) is 58.4 Å². The second kappa shape index (κ2) is 31.7. The molecule has 27 nitrogen and oxygen atoms in total. The lowest BCUT2D eigenvalue weighted by Gasteiger charge is -2.37. The molecule has 5 aliphatic rings. The van der Waals surface area contributed by atoms with Crippen molar-refractivity contribution in [2.45, 2.75) is 152 Å². The number of carbonyl (C=O) groups is 9. The Morgan fingerprint density at radius 3 is 2.31 bits per heavy atom. The molecule has 0 aliphatic carbocycles. The first-order valence-corrected chi connectivity index (χ1v) is 33.6. The highest BCUT2D eigenvalue weighted by atomic mass is 19.1. The van der Waals surface area contributed by atoms with Crippen LogP contribution in [0.15, 0.2) is 109 Å². The van der Waals surface area contributed by atoms with Gasteiger partial charge in [0, 0.05) is 81.9 Å². The third kappa shape index (κ3) is 17.0. The van der Waals surface area contributed by atoms with Crippen LogP contribution >= 0.6 is 0 Å². The number of nitrogens with zero attached hydrogens (tertiary/aromatic N) is 6. The Balaban J connectivity index is 1.04. The number of methoxy groups -OCH3 is 1. The first-order valence-electron chi connectivity index (χ1n) is 33.6. The Bertz CT molecular complexity index is 4030. The minimum Gasteiger partial charge on any atom is -0.497 e. The third-order valence-electron chi connectivity index (χ3n) is 19.1. The van der Waals surface area contributed by atoms with Crippen LogP contribution in [0.4, 0.5) is 4.39 Å². The normalized spacial score (nSPS) is 25.4. The highest BCUT2D eigenvalue weighted by Crippen LogP contribution is 2.32. The maximum absolute atomic E-state index is 16.0. The van der Waals surface area contributed by atoms with Crippen LogP contribution in [0.5, 0.6) is 5.75 Å². The minimum atomic E-state index is -1.77. The van der Waals surface area contributed by atoms with E-state index >= 15 is 28.4 Å². The summed E-state index contributed by atoms with van der Waals surface area (Å²) < 4.78 is 36.8. The Kier molecular flexibility index (Phi) is 22.6. The Labute approximate surface area is 571 Å². The molecular formula is C71H85FN14O13. The second-order valence-corrected chi connectivity index (χ2v) is 26.1. The van der Waals surface area contributed by atoms with Crippen LogP contribution in [0.25, 0.3) is 10.9 Å². The average Bonchev–Trinajstić information content (AvgIpc) is 1.68. The van der Waals surface area contributed by atoms with Crippen molar-refractivity contribution in [3.05, 3.63) is 160 Å². The summed E-state index contributed by atoms with van der Waals surface area (Å²) in [7, 11) is 1.51. The standard InChI is InChI=1S/C71H85FN14O13/c1-42(87)62-66(92)79-55(32-44-12-16-52(97-3)17-13-44)69(95)86-25-7-23-71(86,2)70(96)74-24-19-45-11-14-47-37-75-60(88)21-28-98-29-22-61(89)76-57(36-73)65(91)77-54-33-46-10-6-9-43(30-46)8-4-5-27-99-59-20-26-85(63(59)67(93)80-62)68(94)56(78-64(54)90)34-49-38-83(58-18-15-50(72)35-53(49)58)40-51-41-84(82-81-51)39-48(47)31-45/h4-6,9-18,30-31,35,38,41-42,54-57,59,62-63,87H,7-8,19-29,32-34,36-37,39-40,73H2,1-3H3,(H,74,96)(H,75,88)(H,76,89)(H,77,91)(H,78,90)(H,79,92)(H,80,93)/b5-4+/t42-,54+,55+,56+,57-,59+,62+,63+,71+/m1/s1. The molecule has 11 rings (SSSR count). The van der Waals surface area contributed by atoms with E-state index in [1.807, 2.05) is 36.4 Å². The fourth-order valence-electron chi connectivity index (χ4n) is 13.7. The van der Waals surface area contributed by atoms with E-state index in [2.05, 4.69) is 47.5 Å². The van der Waals surface area contributed by atoms with E-state index in [1.165, 1.54) is 36.0 Å². The number of allylic oxidation sites excluding steroid dienone is 1. The fourth-order valence-corrected chi connectivity index (χ4v) is 13.7. The summed E-state index contributed by atoms with van der Waals surface area (Å²) in [6, 6.07) is 14.9. The van der Waals surface area contributed by atoms with Gasteiger partial charge in [0.25, 0.3) is 0 Å². The van der Waals surface area contributed by atoms with Gasteiger partial charge in [-0.3, -0.25) is 43.2 Å². The van der Waals surface area contributed by atoms with Gasteiger partial charge in [-0.15, -0.1) is 5.10 Å².